The molecule has 0 fully saturated rings. The van der Waals surface area contributed by atoms with Crippen LogP contribution in [0.4, 0.5) is 0 Å². The molecule has 0 saturated carbocycles. The van der Waals surface area contributed by atoms with E-state index in [1.807, 2.05) is 54.6 Å². The molecule has 11 heteroatoms. The second kappa shape index (κ2) is 16.7. The molecule has 1 unspecified atom stereocenters. The zero-order valence-corrected chi connectivity index (χ0v) is 29.1. The fraction of sp³-hybridized carbons (Fsp3) is 0.250. The van der Waals surface area contributed by atoms with Crippen LogP contribution in [0.5, 0.6) is 17.5 Å². The highest BCUT2D eigenvalue weighted by molar-refractivity contribution is 6.36. The van der Waals surface area contributed by atoms with Crippen molar-refractivity contribution in [2.24, 2.45) is 5.92 Å². The van der Waals surface area contributed by atoms with Gasteiger partial charge in [-0.25, -0.2) is 0 Å². The lowest BCUT2D eigenvalue weighted by atomic mass is 9.92. The molecule has 0 radical (unpaired) electrons. The molecule has 1 aromatic heterocycles. The van der Waals surface area contributed by atoms with Crippen LogP contribution in [0.3, 0.4) is 0 Å². The van der Waals surface area contributed by atoms with Gasteiger partial charge in [-0.1, -0.05) is 77.8 Å². The Labute approximate surface area is 306 Å². The van der Waals surface area contributed by atoms with Crippen LogP contribution in [0, 0.1) is 28.6 Å². The van der Waals surface area contributed by atoms with Crippen LogP contribution in [0.25, 0.3) is 22.3 Å². The first-order valence-electron chi connectivity index (χ1n) is 16.6. The van der Waals surface area contributed by atoms with Gasteiger partial charge in [-0.05, 0) is 65.8 Å². The lowest BCUT2D eigenvalue weighted by molar-refractivity contribution is 0.111. The van der Waals surface area contributed by atoms with Gasteiger partial charge in [0.15, 0.2) is 6.29 Å². The molecule has 0 spiro atoms. The number of aliphatic hydroxyl groups is 1. The maximum Gasteiger partial charge on any atom is 0.236 e. The summed E-state index contributed by atoms with van der Waals surface area (Å²) >= 11 is 13.7. The van der Waals surface area contributed by atoms with Gasteiger partial charge >= 0.3 is 0 Å². The number of rotatable bonds is 14. The fourth-order valence-corrected chi connectivity index (χ4v) is 6.89. The van der Waals surface area contributed by atoms with Crippen LogP contribution >= 0.6 is 23.2 Å². The number of hydrogen-bond acceptors (Lipinski definition) is 9. The van der Waals surface area contributed by atoms with Gasteiger partial charge in [-0.15, -0.1) is 0 Å². The molecule has 2 atom stereocenters. The summed E-state index contributed by atoms with van der Waals surface area (Å²) in [6, 6.07) is 25.6. The number of pyridine rings is 1. The monoisotopic (exact) mass is 720 g/mol. The number of nitriles is 2. The van der Waals surface area contributed by atoms with Crippen molar-refractivity contribution in [1.29, 1.82) is 10.5 Å². The van der Waals surface area contributed by atoms with Crippen LogP contribution in [0.15, 0.2) is 90.0 Å². The number of fused-ring (bicyclic) bond motifs is 1. The molecule has 6 rings (SSSR count). The maximum absolute atomic E-state index is 11.9. The predicted molar refractivity (Wildman–Crippen MR) is 195 cm³/mol. The summed E-state index contributed by atoms with van der Waals surface area (Å²) in [6.07, 6.45) is 5.41. The topological polar surface area (TPSA) is 137 Å². The SMILES string of the molecule is N#CC1=CC(COc2nc(O[C@H]3CCc4c(-c5cccc(-c6ccc(OCCNCCO)cc6)c5Cl)cccc43)c(Cl)cc2C=O)CC(C#N)=C1. The molecule has 0 amide bonds. The molecule has 2 N–H and O–H groups in total. The van der Waals surface area contributed by atoms with Crippen molar-refractivity contribution < 1.29 is 24.1 Å². The van der Waals surface area contributed by atoms with Crippen molar-refractivity contribution in [2.45, 2.75) is 25.4 Å². The van der Waals surface area contributed by atoms with Gasteiger partial charge in [0.25, 0.3) is 0 Å². The van der Waals surface area contributed by atoms with E-state index in [0.717, 1.165) is 45.6 Å². The Hall–Kier alpha value is -5.16. The van der Waals surface area contributed by atoms with Gasteiger partial charge in [0.1, 0.15) is 23.5 Å². The van der Waals surface area contributed by atoms with Crippen LogP contribution in [-0.4, -0.2) is 49.3 Å². The molecule has 0 bridgehead atoms. The number of halogens is 2. The minimum absolute atomic E-state index is 0.0644. The first-order valence-corrected chi connectivity index (χ1v) is 17.3. The summed E-state index contributed by atoms with van der Waals surface area (Å²) in [6.45, 7) is 1.86. The number of aliphatic hydroxyl groups excluding tert-OH is 1. The van der Waals surface area contributed by atoms with E-state index in [0.29, 0.717) is 55.0 Å². The predicted octanol–water partition coefficient (Wildman–Crippen LogP) is 7.86. The highest BCUT2D eigenvalue weighted by atomic mass is 35.5. The molecule has 51 heavy (non-hydrogen) atoms. The molecular formula is C40H34Cl2N4O5. The zero-order valence-electron chi connectivity index (χ0n) is 27.6. The Morgan fingerprint density at radius 2 is 1.75 bits per heavy atom. The quantitative estimate of drug-likeness (QED) is 0.0985. The summed E-state index contributed by atoms with van der Waals surface area (Å²) < 4.78 is 18.2. The van der Waals surface area contributed by atoms with Crippen molar-refractivity contribution in [1.82, 2.24) is 10.3 Å². The minimum atomic E-state index is -0.351. The number of hydrogen-bond donors (Lipinski definition) is 2. The molecule has 258 valence electrons. The van der Waals surface area contributed by atoms with Crippen molar-refractivity contribution in [2.75, 3.05) is 32.9 Å². The normalized spacial score (nSPS) is 16.3. The molecule has 1 heterocycles. The van der Waals surface area contributed by atoms with Gasteiger partial charge in [0.2, 0.25) is 11.8 Å². The molecule has 0 saturated heterocycles. The number of allylic oxidation sites excluding steroid dienone is 3. The highest BCUT2D eigenvalue weighted by Crippen LogP contribution is 2.44. The summed E-state index contributed by atoms with van der Waals surface area (Å²) in [5.41, 5.74) is 6.96. The number of nitrogens with zero attached hydrogens (tertiary/aromatic N) is 3. The number of aldehydes is 1. The third-order valence-corrected chi connectivity index (χ3v) is 9.44. The third-order valence-electron chi connectivity index (χ3n) is 8.76. The largest absolute Gasteiger partial charge is 0.492 e. The number of carbonyl (C=O) groups is 1. The van der Waals surface area contributed by atoms with Crippen molar-refractivity contribution in [3.05, 3.63) is 117 Å². The number of ether oxygens (including phenoxy) is 3. The Bertz CT molecular complexity index is 2070. The van der Waals surface area contributed by atoms with E-state index in [2.05, 4.69) is 28.5 Å². The average molecular weight is 722 g/mol. The molecule has 3 aromatic carbocycles. The molecule has 2 aliphatic carbocycles. The van der Waals surface area contributed by atoms with Gasteiger partial charge in [0.05, 0.1) is 35.9 Å². The van der Waals surface area contributed by atoms with E-state index in [1.54, 1.807) is 12.2 Å². The van der Waals surface area contributed by atoms with E-state index in [9.17, 15) is 15.3 Å². The number of carbonyl (C=O) groups excluding carboxylic acids is 1. The van der Waals surface area contributed by atoms with Crippen molar-refractivity contribution in [3.8, 4) is 51.9 Å². The Morgan fingerprint density at radius 3 is 2.51 bits per heavy atom. The highest BCUT2D eigenvalue weighted by Gasteiger charge is 2.29. The maximum atomic E-state index is 11.9. The second-order valence-corrected chi connectivity index (χ2v) is 12.9. The molecule has 2 aliphatic rings. The first-order chi connectivity index (χ1) is 24.9. The molecular weight excluding hydrogens is 687 g/mol. The van der Waals surface area contributed by atoms with E-state index >= 15 is 0 Å². The van der Waals surface area contributed by atoms with Crippen molar-refractivity contribution >= 4 is 29.5 Å². The lowest BCUT2D eigenvalue weighted by Gasteiger charge is -2.19. The molecule has 9 nitrogen and oxygen atoms in total. The number of nitrogens with one attached hydrogen (secondary N) is 1. The number of aromatic nitrogens is 1. The Balaban J connectivity index is 1.19. The Morgan fingerprint density at radius 1 is 0.961 bits per heavy atom. The smallest absolute Gasteiger partial charge is 0.236 e. The molecule has 0 aliphatic heterocycles. The van der Waals surface area contributed by atoms with Gasteiger partial charge in [0, 0.05) is 41.3 Å². The van der Waals surface area contributed by atoms with Crippen molar-refractivity contribution in [3.63, 3.8) is 0 Å². The van der Waals surface area contributed by atoms with E-state index in [-0.39, 0.29) is 47.6 Å². The van der Waals surface area contributed by atoms with E-state index in [4.69, 9.17) is 42.5 Å². The average Bonchev–Trinajstić information content (AvgIpc) is 3.58. The standard InChI is InChI=1S/C40H34Cl2N4O5/c41-36-20-29(23-48)39(50-24-27-18-25(21-43)17-26(19-27)22-44)46-40(36)51-37-12-11-33-32(4-2-5-34(33)37)35-6-1-3-31(38(35)42)28-7-9-30(10-8-28)49-16-14-45-13-15-47/h1-10,17-18,20,23,27,37,45,47H,11-16,19,24H2/t27?,37-/m0/s1. The van der Waals surface area contributed by atoms with E-state index in [1.165, 1.54) is 6.07 Å². The van der Waals surface area contributed by atoms with Gasteiger partial charge < -0.3 is 24.6 Å². The van der Waals surface area contributed by atoms with Crippen LogP contribution < -0.4 is 19.5 Å². The zero-order chi connectivity index (χ0) is 35.7. The van der Waals surface area contributed by atoms with Crippen LogP contribution in [0.1, 0.15) is 40.4 Å². The van der Waals surface area contributed by atoms with Crippen LogP contribution in [0.2, 0.25) is 10.0 Å². The fourth-order valence-electron chi connectivity index (χ4n) is 6.35. The Kier molecular flexibility index (Phi) is 11.7. The van der Waals surface area contributed by atoms with Gasteiger partial charge in [-0.3, -0.25) is 4.79 Å². The van der Waals surface area contributed by atoms with Gasteiger partial charge in [-0.2, -0.15) is 15.5 Å². The summed E-state index contributed by atoms with van der Waals surface area (Å²) in [4.78, 5) is 16.4. The minimum Gasteiger partial charge on any atom is -0.492 e. The first kappa shape index (κ1) is 35.7. The molecule has 4 aromatic rings. The second-order valence-electron chi connectivity index (χ2n) is 12.1. The van der Waals surface area contributed by atoms with Crippen LogP contribution in [-0.2, 0) is 6.42 Å². The summed E-state index contributed by atoms with van der Waals surface area (Å²) in [5.74, 6) is 0.717. The summed E-state index contributed by atoms with van der Waals surface area (Å²) in [5, 5.41) is 31.5. The number of benzene rings is 3. The van der Waals surface area contributed by atoms with E-state index < -0.39 is 0 Å². The third kappa shape index (κ3) is 8.26. The summed E-state index contributed by atoms with van der Waals surface area (Å²) in [7, 11) is 0. The lowest BCUT2D eigenvalue weighted by Crippen LogP contribution is -2.23.